The molecule has 114 valence electrons. The van der Waals surface area contributed by atoms with Crippen LogP contribution < -0.4 is 10.9 Å². The Labute approximate surface area is 125 Å². The van der Waals surface area contributed by atoms with Crippen LogP contribution in [0.4, 0.5) is 0 Å². The van der Waals surface area contributed by atoms with E-state index in [1.165, 1.54) is 21.9 Å². The van der Waals surface area contributed by atoms with Gasteiger partial charge in [-0.3, -0.25) is 14.9 Å². The van der Waals surface area contributed by atoms with E-state index in [9.17, 15) is 14.7 Å². The van der Waals surface area contributed by atoms with Crippen LogP contribution in [0.1, 0.15) is 37.4 Å². The molecule has 21 heavy (non-hydrogen) atoms. The van der Waals surface area contributed by atoms with Crippen LogP contribution in [0.5, 0.6) is 0 Å². The van der Waals surface area contributed by atoms with E-state index in [0.717, 1.165) is 0 Å². The Hall–Kier alpha value is -1.80. The van der Waals surface area contributed by atoms with Crippen molar-refractivity contribution in [2.75, 3.05) is 0 Å². The summed E-state index contributed by atoms with van der Waals surface area (Å²) in [5.41, 5.74) is -0.549. The van der Waals surface area contributed by atoms with E-state index < -0.39 is 11.5 Å². The number of fused-ring (bicyclic) bond motifs is 1. The van der Waals surface area contributed by atoms with Crippen LogP contribution in [0.3, 0.4) is 0 Å². The van der Waals surface area contributed by atoms with Crippen LogP contribution in [0, 0.1) is 6.92 Å². The standard InChI is InChI=1S/C13H18N4O3S/c1-4-13(5-2,11(19)20)14-7-9-16-17-10(18)6-8(3)15-12(17)21-9/h6,14H,4-5,7H2,1-3H3,(H,19,20). The molecule has 7 nitrogen and oxygen atoms in total. The summed E-state index contributed by atoms with van der Waals surface area (Å²) >= 11 is 1.28. The van der Waals surface area contributed by atoms with Crippen molar-refractivity contribution in [1.29, 1.82) is 0 Å². The highest BCUT2D eigenvalue weighted by molar-refractivity contribution is 7.16. The Kier molecular flexibility index (Phi) is 4.38. The first-order chi connectivity index (χ1) is 9.91. The van der Waals surface area contributed by atoms with Gasteiger partial charge in [0.05, 0.1) is 6.54 Å². The van der Waals surface area contributed by atoms with E-state index in [-0.39, 0.29) is 5.56 Å². The minimum absolute atomic E-state index is 0.226. The molecule has 0 radical (unpaired) electrons. The fourth-order valence-corrected chi connectivity index (χ4v) is 3.04. The van der Waals surface area contributed by atoms with Crippen molar-refractivity contribution in [3.8, 4) is 0 Å². The number of carboxylic acids is 1. The first kappa shape index (κ1) is 15.6. The van der Waals surface area contributed by atoms with Crippen molar-refractivity contribution in [3.05, 3.63) is 27.1 Å². The lowest BCUT2D eigenvalue weighted by atomic mass is 9.93. The highest BCUT2D eigenvalue weighted by Crippen LogP contribution is 2.18. The van der Waals surface area contributed by atoms with Crippen LogP contribution in [-0.2, 0) is 11.3 Å². The number of aromatic nitrogens is 3. The molecule has 2 N–H and O–H groups in total. The van der Waals surface area contributed by atoms with Crippen molar-refractivity contribution in [1.82, 2.24) is 19.9 Å². The number of hydrogen-bond acceptors (Lipinski definition) is 6. The summed E-state index contributed by atoms with van der Waals surface area (Å²) in [5.74, 6) is -0.875. The molecule has 0 spiro atoms. The summed E-state index contributed by atoms with van der Waals surface area (Å²) in [6.07, 6.45) is 0.946. The Morgan fingerprint density at radius 1 is 1.48 bits per heavy atom. The molecule has 0 aromatic carbocycles. The van der Waals surface area contributed by atoms with Crippen molar-refractivity contribution < 1.29 is 9.90 Å². The second kappa shape index (κ2) is 5.90. The van der Waals surface area contributed by atoms with Crippen LogP contribution >= 0.6 is 11.3 Å². The molecular formula is C13H18N4O3S. The zero-order valence-electron chi connectivity index (χ0n) is 12.2. The molecule has 0 aliphatic carbocycles. The van der Waals surface area contributed by atoms with Gasteiger partial charge in [-0.2, -0.15) is 9.61 Å². The van der Waals surface area contributed by atoms with Gasteiger partial charge in [-0.15, -0.1) is 0 Å². The van der Waals surface area contributed by atoms with E-state index in [2.05, 4.69) is 15.4 Å². The SMILES string of the molecule is CCC(CC)(NCc1nn2c(=O)cc(C)nc2s1)C(=O)O. The molecule has 0 aliphatic rings. The molecule has 2 aromatic heterocycles. The van der Waals surface area contributed by atoms with E-state index in [0.29, 0.717) is 35.0 Å². The van der Waals surface area contributed by atoms with Gasteiger partial charge in [0.15, 0.2) is 0 Å². The summed E-state index contributed by atoms with van der Waals surface area (Å²) in [7, 11) is 0. The van der Waals surface area contributed by atoms with Crippen LogP contribution in [0.25, 0.3) is 4.96 Å². The van der Waals surface area contributed by atoms with Gasteiger partial charge in [0, 0.05) is 11.8 Å². The number of nitrogens with one attached hydrogen (secondary N) is 1. The van der Waals surface area contributed by atoms with E-state index >= 15 is 0 Å². The van der Waals surface area contributed by atoms with Crippen molar-refractivity contribution >= 4 is 22.3 Å². The molecule has 8 heteroatoms. The molecule has 0 bridgehead atoms. The monoisotopic (exact) mass is 310 g/mol. The third-order valence-corrected chi connectivity index (χ3v) is 4.52. The first-order valence-corrected chi connectivity index (χ1v) is 7.58. The number of nitrogens with zero attached hydrogens (tertiary/aromatic N) is 3. The highest BCUT2D eigenvalue weighted by Gasteiger charge is 2.34. The van der Waals surface area contributed by atoms with E-state index in [4.69, 9.17) is 0 Å². The van der Waals surface area contributed by atoms with Gasteiger partial charge in [-0.25, -0.2) is 4.98 Å². The lowest BCUT2D eigenvalue weighted by Gasteiger charge is -2.27. The molecule has 0 saturated heterocycles. The van der Waals surface area contributed by atoms with Gasteiger partial charge < -0.3 is 5.11 Å². The van der Waals surface area contributed by atoms with Gasteiger partial charge in [0.2, 0.25) is 4.96 Å². The molecule has 2 rings (SSSR count). The predicted molar refractivity (Wildman–Crippen MR) is 79.7 cm³/mol. The summed E-state index contributed by atoms with van der Waals surface area (Å²) in [6.45, 7) is 5.71. The molecule has 2 heterocycles. The van der Waals surface area contributed by atoms with Crippen LogP contribution in [-0.4, -0.2) is 31.2 Å². The summed E-state index contributed by atoms with van der Waals surface area (Å²) in [6, 6.07) is 1.42. The molecule has 2 aromatic rings. The minimum atomic E-state index is -0.966. The highest BCUT2D eigenvalue weighted by atomic mass is 32.1. The second-order valence-electron chi connectivity index (χ2n) is 4.87. The molecule has 0 saturated carbocycles. The maximum Gasteiger partial charge on any atom is 0.323 e. The molecule has 0 unspecified atom stereocenters. The Bertz CT molecular complexity index is 718. The lowest BCUT2D eigenvalue weighted by Crippen LogP contribution is -2.50. The zero-order chi connectivity index (χ0) is 15.6. The molecule has 0 atom stereocenters. The van der Waals surface area contributed by atoms with Crippen LogP contribution in [0.2, 0.25) is 0 Å². The van der Waals surface area contributed by atoms with Gasteiger partial charge in [0.25, 0.3) is 5.56 Å². The van der Waals surface area contributed by atoms with E-state index in [1.807, 2.05) is 13.8 Å². The quantitative estimate of drug-likeness (QED) is 0.832. The van der Waals surface area contributed by atoms with Crippen molar-refractivity contribution in [2.24, 2.45) is 0 Å². The maximum absolute atomic E-state index is 11.8. The first-order valence-electron chi connectivity index (χ1n) is 6.76. The third-order valence-electron chi connectivity index (χ3n) is 3.61. The smallest absolute Gasteiger partial charge is 0.323 e. The van der Waals surface area contributed by atoms with Gasteiger partial charge >= 0.3 is 5.97 Å². The molecule has 0 amide bonds. The molecule has 0 aliphatic heterocycles. The van der Waals surface area contributed by atoms with Gasteiger partial charge in [-0.05, 0) is 19.8 Å². The number of aliphatic carboxylic acids is 1. The van der Waals surface area contributed by atoms with Crippen LogP contribution in [0.15, 0.2) is 10.9 Å². The fraction of sp³-hybridized carbons (Fsp3) is 0.538. The normalized spacial score (nSPS) is 12.0. The summed E-state index contributed by atoms with van der Waals surface area (Å²) in [5, 5.41) is 17.2. The molecule has 0 fully saturated rings. The number of carbonyl (C=O) groups is 1. The number of hydrogen-bond donors (Lipinski definition) is 2. The molecular weight excluding hydrogens is 292 g/mol. The van der Waals surface area contributed by atoms with Crippen molar-refractivity contribution in [3.63, 3.8) is 0 Å². The number of carboxylic acid groups (broad SMARTS) is 1. The largest absolute Gasteiger partial charge is 0.480 e. The third kappa shape index (κ3) is 2.96. The minimum Gasteiger partial charge on any atom is -0.480 e. The zero-order valence-corrected chi connectivity index (χ0v) is 13.0. The summed E-state index contributed by atoms with van der Waals surface area (Å²) < 4.78 is 1.25. The number of rotatable bonds is 6. The van der Waals surface area contributed by atoms with Gasteiger partial charge in [-0.1, -0.05) is 25.2 Å². The Balaban J connectivity index is 2.26. The van der Waals surface area contributed by atoms with Crippen molar-refractivity contribution in [2.45, 2.75) is 45.7 Å². The Morgan fingerprint density at radius 3 is 2.71 bits per heavy atom. The average Bonchev–Trinajstić information content (AvgIpc) is 2.83. The average molecular weight is 310 g/mol. The van der Waals surface area contributed by atoms with E-state index in [1.54, 1.807) is 6.92 Å². The fourth-order valence-electron chi connectivity index (χ4n) is 2.15. The second-order valence-corrected chi connectivity index (χ2v) is 5.91. The predicted octanol–water partition coefficient (Wildman–Crippen LogP) is 1.19. The summed E-state index contributed by atoms with van der Waals surface area (Å²) in [4.78, 5) is 28.0. The lowest BCUT2D eigenvalue weighted by molar-refractivity contribution is -0.145. The Morgan fingerprint density at radius 2 is 2.14 bits per heavy atom. The topological polar surface area (TPSA) is 96.6 Å². The van der Waals surface area contributed by atoms with Gasteiger partial charge in [0.1, 0.15) is 10.5 Å². The number of aryl methyl sites for hydroxylation is 1. The maximum atomic E-state index is 11.8.